The fraction of sp³-hybridized carbons (Fsp3) is 0.429. The number of sulfonamides is 1. The van der Waals surface area contributed by atoms with Crippen molar-refractivity contribution in [3.8, 4) is 0 Å². The molecule has 1 atom stereocenters. The van der Waals surface area contributed by atoms with Gasteiger partial charge < -0.3 is 5.32 Å². The SMILES string of the molecule is CS(=O)(=O)N1CCCCC1C(=O)Nc1nc2ccccc2s1. The van der Waals surface area contributed by atoms with Gasteiger partial charge >= 0.3 is 0 Å². The molecule has 1 N–H and O–H groups in total. The molecule has 0 radical (unpaired) electrons. The number of benzene rings is 1. The third-order valence-corrected chi connectivity index (χ3v) is 5.95. The summed E-state index contributed by atoms with van der Waals surface area (Å²) in [4.78, 5) is 16.8. The molecule has 0 saturated carbocycles. The molecule has 1 aromatic carbocycles. The van der Waals surface area contributed by atoms with Gasteiger partial charge in [0.2, 0.25) is 15.9 Å². The highest BCUT2D eigenvalue weighted by atomic mass is 32.2. The van der Waals surface area contributed by atoms with Gasteiger partial charge in [-0.3, -0.25) is 4.79 Å². The van der Waals surface area contributed by atoms with Crippen LogP contribution in [0.3, 0.4) is 0 Å². The van der Waals surface area contributed by atoms with Gasteiger partial charge in [-0.15, -0.1) is 0 Å². The van der Waals surface area contributed by atoms with Gasteiger partial charge in [0, 0.05) is 6.54 Å². The van der Waals surface area contributed by atoms with Crippen LogP contribution in [0.15, 0.2) is 24.3 Å². The fourth-order valence-electron chi connectivity index (χ4n) is 2.68. The molecule has 22 heavy (non-hydrogen) atoms. The van der Waals surface area contributed by atoms with Crippen molar-refractivity contribution >= 4 is 42.6 Å². The number of thiazole rings is 1. The summed E-state index contributed by atoms with van der Waals surface area (Å²) < 4.78 is 25.9. The second-order valence-corrected chi connectivity index (χ2v) is 8.33. The van der Waals surface area contributed by atoms with E-state index in [0.717, 1.165) is 29.3 Å². The molecule has 1 aliphatic rings. The van der Waals surface area contributed by atoms with Crippen LogP contribution in [0.25, 0.3) is 10.2 Å². The van der Waals surface area contributed by atoms with Gasteiger partial charge in [-0.25, -0.2) is 13.4 Å². The number of hydrogen-bond acceptors (Lipinski definition) is 5. The second-order valence-electron chi connectivity index (χ2n) is 5.36. The average molecular weight is 339 g/mol. The minimum atomic E-state index is -3.38. The summed E-state index contributed by atoms with van der Waals surface area (Å²) in [6.45, 7) is 0.400. The van der Waals surface area contributed by atoms with Gasteiger partial charge in [-0.1, -0.05) is 29.9 Å². The number of piperidine rings is 1. The third-order valence-electron chi connectivity index (χ3n) is 3.71. The average Bonchev–Trinajstić information content (AvgIpc) is 2.88. The van der Waals surface area contributed by atoms with Crippen LogP contribution in [0.4, 0.5) is 5.13 Å². The van der Waals surface area contributed by atoms with Crippen LogP contribution in [0.1, 0.15) is 19.3 Å². The summed E-state index contributed by atoms with van der Waals surface area (Å²) in [6, 6.07) is 6.98. The Kier molecular flexibility index (Phi) is 4.16. The Bertz CT molecular complexity index is 768. The molecule has 2 aromatic rings. The number of nitrogens with zero attached hydrogens (tertiary/aromatic N) is 2. The van der Waals surface area contributed by atoms with Gasteiger partial charge in [0.05, 0.1) is 16.5 Å². The summed E-state index contributed by atoms with van der Waals surface area (Å²) in [5.41, 5.74) is 0.825. The maximum atomic E-state index is 12.5. The first-order valence-corrected chi connectivity index (χ1v) is 9.75. The van der Waals surface area contributed by atoms with Crippen LogP contribution in [-0.4, -0.2) is 42.5 Å². The third kappa shape index (κ3) is 3.13. The van der Waals surface area contributed by atoms with Crippen LogP contribution in [-0.2, 0) is 14.8 Å². The summed E-state index contributed by atoms with van der Waals surface area (Å²) in [5, 5.41) is 3.27. The van der Waals surface area contributed by atoms with Crippen molar-refractivity contribution in [3.05, 3.63) is 24.3 Å². The normalized spacial score (nSPS) is 20.1. The van der Waals surface area contributed by atoms with Crippen LogP contribution in [0.5, 0.6) is 0 Å². The van der Waals surface area contributed by atoms with E-state index in [-0.39, 0.29) is 5.91 Å². The lowest BCUT2D eigenvalue weighted by Crippen LogP contribution is -2.49. The molecular formula is C14H17N3O3S2. The lowest BCUT2D eigenvalue weighted by molar-refractivity contribution is -0.120. The Balaban J connectivity index is 1.80. The topological polar surface area (TPSA) is 79.4 Å². The number of para-hydroxylation sites is 1. The van der Waals surface area contributed by atoms with E-state index in [1.165, 1.54) is 15.6 Å². The first kappa shape index (κ1) is 15.4. The highest BCUT2D eigenvalue weighted by molar-refractivity contribution is 7.88. The molecule has 0 spiro atoms. The monoisotopic (exact) mass is 339 g/mol. The smallest absolute Gasteiger partial charge is 0.244 e. The first-order valence-electron chi connectivity index (χ1n) is 7.08. The Labute approximate surface area is 133 Å². The molecule has 118 valence electrons. The standard InChI is InChI=1S/C14H17N3O3S2/c1-22(19,20)17-9-5-4-7-11(17)13(18)16-14-15-10-6-2-3-8-12(10)21-14/h2-3,6,8,11H,4-5,7,9H2,1H3,(H,15,16,18). The summed E-state index contributed by atoms with van der Waals surface area (Å²) in [6.07, 6.45) is 3.34. The van der Waals surface area contributed by atoms with Crippen molar-refractivity contribution in [3.63, 3.8) is 0 Å². The maximum Gasteiger partial charge on any atom is 0.244 e. The maximum absolute atomic E-state index is 12.5. The Morgan fingerprint density at radius 2 is 2.14 bits per heavy atom. The first-order chi connectivity index (χ1) is 10.4. The molecule has 2 heterocycles. The van der Waals surface area contributed by atoms with E-state index in [1.807, 2.05) is 24.3 Å². The highest BCUT2D eigenvalue weighted by Gasteiger charge is 2.34. The Morgan fingerprint density at radius 3 is 2.86 bits per heavy atom. The number of fused-ring (bicyclic) bond motifs is 1. The van der Waals surface area contributed by atoms with E-state index in [4.69, 9.17) is 0 Å². The molecule has 1 amide bonds. The number of nitrogens with one attached hydrogen (secondary N) is 1. The van der Waals surface area contributed by atoms with E-state index in [9.17, 15) is 13.2 Å². The molecule has 1 saturated heterocycles. The largest absolute Gasteiger partial charge is 0.301 e. The van der Waals surface area contributed by atoms with Gasteiger partial charge in [-0.2, -0.15) is 4.31 Å². The van der Waals surface area contributed by atoms with E-state index in [2.05, 4.69) is 10.3 Å². The summed E-state index contributed by atoms with van der Waals surface area (Å²) in [7, 11) is -3.38. The van der Waals surface area contributed by atoms with Gasteiger partial charge in [0.25, 0.3) is 0 Å². The molecule has 1 aliphatic heterocycles. The number of aromatic nitrogens is 1. The number of anilines is 1. The van der Waals surface area contributed by atoms with Crippen molar-refractivity contribution in [2.75, 3.05) is 18.1 Å². The van der Waals surface area contributed by atoms with Crippen LogP contribution < -0.4 is 5.32 Å². The predicted molar refractivity (Wildman–Crippen MR) is 87.4 cm³/mol. The van der Waals surface area contributed by atoms with Crippen LogP contribution in [0.2, 0.25) is 0 Å². The predicted octanol–water partition coefficient (Wildman–Crippen LogP) is 2.05. The van der Waals surface area contributed by atoms with Gasteiger partial charge in [0.1, 0.15) is 6.04 Å². The van der Waals surface area contributed by atoms with Gasteiger partial charge in [0.15, 0.2) is 5.13 Å². The second kappa shape index (κ2) is 5.94. The lowest BCUT2D eigenvalue weighted by atomic mass is 10.0. The minimum absolute atomic E-state index is 0.302. The van der Waals surface area contributed by atoms with Crippen LogP contribution >= 0.6 is 11.3 Å². The quantitative estimate of drug-likeness (QED) is 0.928. The van der Waals surface area contributed by atoms with Crippen molar-refractivity contribution in [2.24, 2.45) is 0 Å². The van der Waals surface area contributed by atoms with Crippen molar-refractivity contribution in [1.29, 1.82) is 0 Å². The molecule has 8 heteroatoms. The zero-order chi connectivity index (χ0) is 15.7. The molecule has 3 rings (SSSR count). The number of carbonyl (C=O) groups excluding carboxylic acids is 1. The zero-order valence-corrected chi connectivity index (χ0v) is 13.8. The molecule has 0 bridgehead atoms. The zero-order valence-electron chi connectivity index (χ0n) is 12.2. The minimum Gasteiger partial charge on any atom is -0.301 e. The van der Waals surface area contributed by atoms with Crippen molar-refractivity contribution < 1.29 is 13.2 Å². The number of carbonyl (C=O) groups is 1. The van der Waals surface area contributed by atoms with Crippen molar-refractivity contribution in [1.82, 2.24) is 9.29 Å². The van der Waals surface area contributed by atoms with E-state index >= 15 is 0 Å². The number of hydrogen-bond donors (Lipinski definition) is 1. The summed E-state index contributed by atoms with van der Waals surface area (Å²) in [5.74, 6) is -0.302. The Hall–Kier alpha value is -1.51. The summed E-state index contributed by atoms with van der Waals surface area (Å²) >= 11 is 1.39. The molecule has 1 unspecified atom stereocenters. The molecule has 0 aliphatic carbocycles. The Morgan fingerprint density at radius 1 is 1.36 bits per heavy atom. The number of amides is 1. The molecule has 1 fully saturated rings. The van der Waals surface area contributed by atoms with E-state index in [1.54, 1.807) is 0 Å². The van der Waals surface area contributed by atoms with Gasteiger partial charge in [-0.05, 0) is 25.0 Å². The van der Waals surface area contributed by atoms with E-state index in [0.29, 0.717) is 18.1 Å². The van der Waals surface area contributed by atoms with E-state index < -0.39 is 16.1 Å². The van der Waals surface area contributed by atoms with Crippen LogP contribution in [0, 0.1) is 0 Å². The van der Waals surface area contributed by atoms with Crippen molar-refractivity contribution in [2.45, 2.75) is 25.3 Å². The molecular weight excluding hydrogens is 322 g/mol. The lowest BCUT2D eigenvalue weighted by Gasteiger charge is -2.32. The molecule has 6 nitrogen and oxygen atoms in total. The highest BCUT2D eigenvalue weighted by Crippen LogP contribution is 2.27. The molecule has 1 aromatic heterocycles. The fourth-order valence-corrected chi connectivity index (χ4v) is 4.67. The number of rotatable bonds is 3.